The van der Waals surface area contributed by atoms with Crippen LogP contribution in [0.3, 0.4) is 0 Å². The van der Waals surface area contributed by atoms with Crippen LogP contribution in [0.1, 0.15) is 0 Å². The average molecular weight is 264 g/mol. The van der Waals surface area contributed by atoms with Gasteiger partial charge in [-0.05, 0) is 36.5 Å². The van der Waals surface area contributed by atoms with Crippen LogP contribution < -0.4 is 10.6 Å². The Labute approximate surface area is 109 Å². The van der Waals surface area contributed by atoms with E-state index in [1.807, 2.05) is 30.3 Å². The van der Waals surface area contributed by atoms with E-state index in [1.54, 1.807) is 0 Å². The first-order chi connectivity index (χ1) is 8.65. The summed E-state index contributed by atoms with van der Waals surface area (Å²) in [6, 6.07) is 12.3. The van der Waals surface area contributed by atoms with Crippen molar-refractivity contribution in [2.75, 3.05) is 10.6 Å². The second kappa shape index (κ2) is 5.55. The van der Waals surface area contributed by atoms with Crippen LogP contribution in [-0.2, 0) is 0 Å². The minimum absolute atomic E-state index is 0.00318. The zero-order valence-electron chi connectivity index (χ0n) is 9.28. The fourth-order valence-corrected chi connectivity index (χ4v) is 1.63. The molecule has 2 nitrogen and oxygen atoms in total. The lowest BCUT2D eigenvalue weighted by Gasteiger charge is -2.11. The summed E-state index contributed by atoms with van der Waals surface area (Å²) >= 11 is 5.01. The molecule has 2 rings (SSSR count). The Kier molecular flexibility index (Phi) is 3.84. The molecule has 0 saturated carbocycles. The molecule has 0 spiro atoms. The summed E-state index contributed by atoms with van der Waals surface area (Å²) in [4.78, 5) is 0. The molecule has 0 heterocycles. The van der Waals surface area contributed by atoms with Crippen molar-refractivity contribution in [3.05, 3.63) is 60.2 Å². The maximum Gasteiger partial charge on any atom is 0.175 e. The summed E-state index contributed by atoms with van der Waals surface area (Å²) in [6.45, 7) is 0. The van der Waals surface area contributed by atoms with Crippen molar-refractivity contribution < 1.29 is 8.78 Å². The third-order valence-corrected chi connectivity index (χ3v) is 2.41. The van der Waals surface area contributed by atoms with Gasteiger partial charge in [0.1, 0.15) is 11.6 Å². The van der Waals surface area contributed by atoms with E-state index < -0.39 is 11.6 Å². The molecule has 0 aliphatic rings. The minimum Gasteiger partial charge on any atom is -0.332 e. The number of hydrogen-bond acceptors (Lipinski definition) is 1. The normalized spacial score (nSPS) is 9.89. The van der Waals surface area contributed by atoms with Crippen LogP contribution in [-0.4, -0.2) is 5.11 Å². The predicted molar refractivity (Wildman–Crippen MR) is 72.6 cm³/mol. The number of nitrogens with one attached hydrogen (secondary N) is 2. The molecule has 2 aromatic rings. The first kappa shape index (κ1) is 12.4. The lowest BCUT2D eigenvalue weighted by Crippen LogP contribution is -2.19. The second-order valence-corrected chi connectivity index (χ2v) is 3.98. The number of hydrogen-bond donors (Lipinski definition) is 2. The molecule has 0 radical (unpaired) electrons. The number of halogens is 2. The zero-order chi connectivity index (χ0) is 13.0. The number of para-hydroxylation sites is 1. The van der Waals surface area contributed by atoms with Gasteiger partial charge in [-0.25, -0.2) is 8.78 Å². The van der Waals surface area contributed by atoms with Gasteiger partial charge in [0, 0.05) is 11.8 Å². The third kappa shape index (κ3) is 3.24. The van der Waals surface area contributed by atoms with E-state index in [4.69, 9.17) is 12.2 Å². The summed E-state index contributed by atoms with van der Waals surface area (Å²) in [5.74, 6) is -1.09. The molecule has 2 N–H and O–H groups in total. The van der Waals surface area contributed by atoms with Crippen molar-refractivity contribution in [3.63, 3.8) is 0 Å². The van der Waals surface area contributed by atoms with Crippen molar-refractivity contribution >= 4 is 28.7 Å². The maximum absolute atomic E-state index is 13.4. The van der Waals surface area contributed by atoms with Gasteiger partial charge in [-0.2, -0.15) is 0 Å². The average Bonchev–Trinajstić information content (AvgIpc) is 2.35. The van der Waals surface area contributed by atoms with Gasteiger partial charge >= 0.3 is 0 Å². The van der Waals surface area contributed by atoms with Crippen molar-refractivity contribution in [1.29, 1.82) is 0 Å². The van der Waals surface area contributed by atoms with E-state index in [0.717, 1.165) is 23.9 Å². The highest BCUT2D eigenvalue weighted by atomic mass is 32.1. The first-order valence-electron chi connectivity index (χ1n) is 5.23. The van der Waals surface area contributed by atoms with E-state index in [1.165, 1.54) is 0 Å². The highest BCUT2D eigenvalue weighted by Gasteiger charge is 2.05. The van der Waals surface area contributed by atoms with Crippen LogP contribution in [0.2, 0.25) is 0 Å². The van der Waals surface area contributed by atoms with Crippen LogP contribution in [0, 0.1) is 11.6 Å². The van der Waals surface area contributed by atoms with Crippen LogP contribution in [0.5, 0.6) is 0 Å². The van der Waals surface area contributed by atoms with E-state index >= 15 is 0 Å². The molecule has 5 heteroatoms. The van der Waals surface area contributed by atoms with Crippen LogP contribution in [0.25, 0.3) is 0 Å². The molecule has 0 aromatic heterocycles. The molecular formula is C13H10F2N2S. The largest absolute Gasteiger partial charge is 0.332 e. The first-order valence-corrected chi connectivity index (χ1v) is 5.64. The smallest absolute Gasteiger partial charge is 0.175 e. The Bertz CT molecular complexity index is 558. The summed E-state index contributed by atoms with van der Waals surface area (Å²) in [6.07, 6.45) is 0. The monoisotopic (exact) mass is 264 g/mol. The standard InChI is InChI=1S/C13H10F2N2S/c14-9-6-7-11(15)12(8-9)17-13(18)16-10-4-2-1-3-5-10/h1-8H,(H2,16,17,18). The van der Waals surface area contributed by atoms with Gasteiger partial charge in [0.2, 0.25) is 0 Å². The van der Waals surface area contributed by atoms with E-state index in [0.29, 0.717) is 0 Å². The summed E-state index contributed by atoms with van der Waals surface area (Å²) < 4.78 is 26.3. The van der Waals surface area contributed by atoms with Crippen LogP contribution in [0.4, 0.5) is 20.2 Å². The van der Waals surface area contributed by atoms with Gasteiger partial charge in [0.25, 0.3) is 0 Å². The Hall–Kier alpha value is -2.01. The van der Waals surface area contributed by atoms with Gasteiger partial charge in [-0.3, -0.25) is 0 Å². The summed E-state index contributed by atoms with van der Waals surface area (Å²) in [5, 5.41) is 5.67. The number of rotatable bonds is 2. The summed E-state index contributed by atoms with van der Waals surface area (Å²) in [5.41, 5.74) is 0.773. The van der Waals surface area contributed by atoms with Gasteiger partial charge in [-0.1, -0.05) is 18.2 Å². The van der Waals surface area contributed by atoms with Gasteiger partial charge in [-0.15, -0.1) is 0 Å². The lowest BCUT2D eigenvalue weighted by atomic mass is 10.3. The van der Waals surface area contributed by atoms with Gasteiger partial charge in [0.05, 0.1) is 5.69 Å². The van der Waals surface area contributed by atoms with Crippen molar-refractivity contribution in [1.82, 2.24) is 0 Å². The SMILES string of the molecule is Fc1ccc(F)c(NC(=S)Nc2ccccc2)c1. The lowest BCUT2D eigenvalue weighted by molar-refractivity contribution is 0.604. The highest BCUT2D eigenvalue weighted by Crippen LogP contribution is 2.15. The molecule has 0 saturated heterocycles. The van der Waals surface area contributed by atoms with Crippen LogP contribution >= 0.6 is 12.2 Å². The van der Waals surface area contributed by atoms with Gasteiger partial charge in [0.15, 0.2) is 5.11 Å². The topological polar surface area (TPSA) is 24.1 Å². The van der Waals surface area contributed by atoms with E-state index in [-0.39, 0.29) is 10.8 Å². The van der Waals surface area contributed by atoms with E-state index in [2.05, 4.69) is 10.6 Å². The van der Waals surface area contributed by atoms with Crippen LogP contribution in [0.15, 0.2) is 48.5 Å². The maximum atomic E-state index is 13.4. The van der Waals surface area contributed by atoms with Crippen molar-refractivity contribution in [2.24, 2.45) is 0 Å². The van der Waals surface area contributed by atoms with Crippen molar-refractivity contribution in [3.8, 4) is 0 Å². The number of benzene rings is 2. The van der Waals surface area contributed by atoms with Crippen molar-refractivity contribution in [2.45, 2.75) is 0 Å². The molecule has 0 fully saturated rings. The number of anilines is 2. The molecule has 18 heavy (non-hydrogen) atoms. The molecular weight excluding hydrogens is 254 g/mol. The zero-order valence-corrected chi connectivity index (χ0v) is 10.1. The fraction of sp³-hybridized carbons (Fsp3) is 0. The molecule has 92 valence electrons. The fourth-order valence-electron chi connectivity index (χ4n) is 1.40. The van der Waals surface area contributed by atoms with E-state index in [9.17, 15) is 8.78 Å². The molecule has 0 bridgehead atoms. The molecule has 0 unspecified atom stereocenters. The molecule has 0 aliphatic heterocycles. The Morgan fingerprint density at radius 1 is 0.944 bits per heavy atom. The Morgan fingerprint density at radius 3 is 2.39 bits per heavy atom. The third-order valence-electron chi connectivity index (χ3n) is 2.21. The quantitative estimate of drug-likeness (QED) is 0.807. The molecule has 0 atom stereocenters. The summed E-state index contributed by atoms with van der Waals surface area (Å²) in [7, 11) is 0. The van der Waals surface area contributed by atoms with Gasteiger partial charge < -0.3 is 10.6 Å². The molecule has 0 aliphatic carbocycles. The highest BCUT2D eigenvalue weighted by molar-refractivity contribution is 7.80. The predicted octanol–water partition coefficient (Wildman–Crippen LogP) is 3.77. The minimum atomic E-state index is -0.561. The number of thiocarbonyl (C=S) groups is 1. The Morgan fingerprint density at radius 2 is 1.67 bits per heavy atom. The molecule has 2 aromatic carbocycles. The molecule has 0 amide bonds. The Balaban J connectivity index is 2.05. The second-order valence-electron chi connectivity index (χ2n) is 3.57.